The Bertz CT molecular complexity index is 774. The van der Waals surface area contributed by atoms with Gasteiger partial charge in [-0.05, 0) is 29.3 Å². The molecule has 25 heavy (non-hydrogen) atoms. The Morgan fingerprint density at radius 2 is 2.20 bits per heavy atom. The molecule has 4 rings (SSSR count). The Balaban J connectivity index is 1.79. The fourth-order valence-electron chi connectivity index (χ4n) is 3.79. The third-order valence-corrected chi connectivity index (χ3v) is 5.83. The van der Waals surface area contributed by atoms with Crippen molar-refractivity contribution in [2.45, 2.75) is 36.9 Å². The molecular formula is C16H20N4O4S. The van der Waals surface area contributed by atoms with Crippen molar-refractivity contribution >= 4 is 23.0 Å². The van der Waals surface area contributed by atoms with Gasteiger partial charge in [-0.2, -0.15) is 11.3 Å². The Morgan fingerprint density at radius 3 is 2.84 bits per heavy atom. The lowest BCUT2D eigenvalue weighted by Gasteiger charge is -2.30. The molecule has 5 N–H and O–H groups in total. The van der Waals surface area contributed by atoms with E-state index in [1.54, 1.807) is 16.2 Å². The summed E-state index contributed by atoms with van der Waals surface area (Å²) in [6.07, 6.45) is -2.60. The molecule has 0 radical (unpaired) electrons. The van der Waals surface area contributed by atoms with Crippen LogP contribution in [0.2, 0.25) is 0 Å². The van der Waals surface area contributed by atoms with Gasteiger partial charge in [-0.25, -0.2) is 9.97 Å². The van der Waals surface area contributed by atoms with Gasteiger partial charge >= 0.3 is 0 Å². The monoisotopic (exact) mass is 364 g/mol. The van der Waals surface area contributed by atoms with Crippen LogP contribution < -0.4 is 10.6 Å². The highest BCUT2D eigenvalue weighted by molar-refractivity contribution is 7.08. The van der Waals surface area contributed by atoms with Gasteiger partial charge in [0.25, 0.3) is 0 Å². The zero-order chi connectivity index (χ0) is 17.8. The maximum atomic E-state index is 10.4. The number of aliphatic hydroxyl groups is 3. The van der Waals surface area contributed by atoms with Gasteiger partial charge in [0.1, 0.15) is 36.3 Å². The van der Waals surface area contributed by atoms with E-state index in [9.17, 15) is 15.3 Å². The first-order valence-corrected chi connectivity index (χ1v) is 8.94. The van der Waals surface area contributed by atoms with Crippen LogP contribution in [-0.4, -0.2) is 63.0 Å². The average Bonchev–Trinajstić information content (AvgIpc) is 3.29. The van der Waals surface area contributed by atoms with Crippen molar-refractivity contribution in [1.29, 1.82) is 0 Å². The van der Waals surface area contributed by atoms with Crippen LogP contribution in [0.4, 0.5) is 11.6 Å². The molecule has 0 amide bonds. The zero-order valence-electron chi connectivity index (χ0n) is 13.6. The minimum Gasteiger partial charge on any atom is -0.394 e. The lowest BCUT2D eigenvalue weighted by molar-refractivity contribution is -0.0226. The number of hydrogen-bond acceptors (Lipinski definition) is 9. The molecule has 1 fully saturated rings. The summed E-state index contributed by atoms with van der Waals surface area (Å²) < 4.78 is 5.70. The minimum atomic E-state index is -1.16. The van der Waals surface area contributed by atoms with E-state index in [-0.39, 0.29) is 6.61 Å². The summed E-state index contributed by atoms with van der Waals surface area (Å²) in [6.45, 7) is 2.15. The number of aromatic nitrogens is 2. The molecule has 2 aliphatic rings. The molecule has 2 aromatic rings. The number of nitrogen functional groups attached to an aromatic ring is 1. The van der Waals surface area contributed by atoms with Crippen LogP contribution in [0.15, 0.2) is 23.2 Å². The maximum Gasteiger partial charge on any atom is 0.160 e. The number of anilines is 2. The number of rotatable bonds is 3. The van der Waals surface area contributed by atoms with E-state index in [0.29, 0.717) is 18.2 Å². The van der Waals surface area contributed by atoms with E-state index >= 15 is 0 Å². The summed E-state index contributed by atoms with van der Waals surface area (Å²) in [7, 11) is 0. The summed E-state index contributed by atoms with van der Waals surface area (Å²) in [5, 5.41) is 33.9. The topological polar surface area (TPSA) is 125 Å². The zero-order valence-corrected chi connectivity index (χ0v) is 14.4. The number of thiophene rings is 1. The van der Waals surface area contributed by atoms with Crippen molar-refractivity contribution in [2.75, 3.05) is 23.8 Å². The first-order chi connectivity index (χ1) is 12.0. The molecule has 8 nitrogen and oxygen atoms in total. The Kier molecular flexibility index (Phi) is 3.93. The molecule has 2 aliphatic heterocycles. The summed E-state index contributed by atoms with van der Waals surface area (Å²) >= 11 is 1.59. The fraction of sp³-hybridized carbons (Fsp3) is 0.500. The SMILES string of the molecule is CC1(c2ccsc2)CN([C@@H]2O[C@H](CO)C(O)C2O)c2ncnc(N)c21. The van der Waals surface area contributed by atoms with Gasteiger partial charge in [0.05, 0.1) is 6.61 Å². The molecular weight excluding hydrogens is 344 g/mol. The van der Waals surface area contributed by atoms with Crippen LogP contribution in [0.1, 0.15) is 18.1 Å². The first kappa shape index (κ1) is 16.7. The van der Waals surface area contributed by atoms with Gasteiger partial charge in [0.15, 0.2) is 6.23 Å². The second kappa shape index (κ2) is 5.89. The lowest BCUT2D eigenvalue weighted by atomic mass is 9.80. The predicted molar refractivity (Wildman–Crippen MR) is 92.3 cm³/mol. The van der Waals surface area contributed by atoms with Crippen molar-refractivity contribution in [3.05, 3.63) is 34.3 Å². The lowest BCUT2D eigenvalue weighted by Crippen LogP contribution is -2.46. The standard InChI is InChI=1S/C16H20N4O4S/c1-16(8-2-3-25-5-8)6-20(14-10(16)13(17)18-7-19-14)15-12(23)11(22)9(4-21)24-15/h2-3,5,7,9,11-12,15,21-23H,4,6H2,1H3,(H2,17,18,19)/t9-,11?,12?,15-,16?/m1/s1. The number of nitrogens with two attached hydrogens (primary N) is 1. The molecule has 2 aromatic heterocycles. The molecule has 0 bridgehead atoms. The second-order valence-electron chi connectivity index (χ2n) is 6.66. The van der Waals surface area contributed by atoms with E-state index < -0.39 is 30.0 Å². The van der Waals surface area contributed by atoms with Gasteiger partial charge in [0.2, 0.25) is 0 Å². The average molecular weight is 364 g/mol. The fourth-order valence-corrected chi connectivity index (χ4v) is 4.58. The molecule has 3 unspecified atom stereocenters. The number of aliphatic hydroxyl groups excluding tert-OH is 3. The molecule has 9 heteroatoms. The van der Waals surface area contributed by atoms with E-state index in [1.807, 2.05) is 11.4 Å². The van der Waals surface area contributed by atoms with Crippen LogP contribution in [0, 0.1) is 0 Å². The van der Waals surface area contributed by atoms with Gasteiger partial charge in [-0.1, -0.05) is 0 Å². The van der Waals surface area contributed by atoms with E-state index in [0.717, 1.165) is 11.1 Å². The van der Waals surface area contributed by atoms with E-state index in [4.69, 9.17) is 10.5 Å². The highest BCUT2D eigenvalue weighted by Gasteiger charge is 2.52. The molecule has 134 valence electrons. The second-order valence-corrected chi connectivity index (χ2v) is 7.44. The number of nitrogens with zero attached hydrogens (tertiary/aromatic N) is 3. The van der Waals surface area contributed by atoms with Crippen molar-refractivity contribution in [2.24, 2.45) is 0 Å². The van der Waals surface area contributed by atoms with Crippen molar-refractivity contribution in [3.8, 4) is 0 Å². The van der Waals surface area contributed by atoms with Crippen molar-refractivity contribution < 1.29 is 20.1 Å². The number of fused-ring (bicyclic) bond motifs is 1. The number of hydrogen-bond donors (Lipinski definition) is 4. The van der Waals surface area contributed by atoms with Crippen molar-refractivity contribution in [1.82, 2.24) is 9.97 Å². The number of ether oxygens (including phenoxy) is 1. The third kappa shape index (κ3) is 2.35. The Labute approximate surface area is 148 Å². The van der Waals surface area contributed by atoms with E-state index in [2.05, 4.69) is 22.3 Å². The molecule has 5 atom stereocenters. The Morgan fingerprint density at radius 1 is 1.40 bits per heavy atom. The van der Waals surface area contributed by atoms with Gasteiger partial charge in [-0.15, -0.1) is 0 Å². The summed E-state index contributed by atoms with van der Waals surface area (Å²) in [6, 6.07) is 2.03. The molecule has 4 heterocycles. The summed E-state index contributed by atoms with van der Waals surface area (Å²) in [5.74, 6) is 0.962. The maximum absolute atomic E-state index is 10.4. The molecule has 0 aliphatic carbocycles. The predicted octanol–water partition coefficient (Wildman–Crippen LogP) is -0.315. The smallest absolute Gasteiger partial charge is 0.160 e. The van der Waals surface area contributed by atoms with Crippen LogP contribution in [0.3, 0.4) is 0 Å². The third-order valence-electron chi connectivity index (χ3n) is 5.15. The van der Waals surface area contributed by atoms with E-state index in [1.165, 1.54) is 6.33 Å². The summed E-state index contributed by atoms with van der Waals surface area (Å²) in [5.41, 5.74) is 7.56. The highest BCUT2D eigenvalue weighted by Crippen LogP contribution is 2.48. The molecule has 1 saturated heterocycles. The van der Waals surface area contributed by atoms with Crippen molar-refractivity contribution in [3.63, 3.8) is 0 Å². The van der Waals surface area contributed by atoms with Crippen LogP contribution in [-0.2, 0) is 10.2 Å². The molecule has 0 spiro atoms. The minimum absolute atomic E-state index is 0.372. The van der Waals surface area contributed by atoms with Crippen LogP contribution in [0.5, 0.6) is 0 Å². The van der Waals surface area contributed by atoms with Gasteiger partial charge in [-0.3, -0.25) is 0 Å². The van der Waals surface area contributed by atoms with Crippen LogP contribution >= 0.6 is 11.3 Å². The first-order valence-electron chi connectivity index (χ1n) is 8.00. The largest absolute Gasteiger partial charge is 0.394 e. The molecule has 0 saturated carbocycles. The molecule has 0 aromatic carbocycles. The highest BCUT2D eigenvalue weighted by atomic mass is 32.1. The Hall–Kier alpha value is -1.78. The normalized spacial score (nSPS) is 34.5. The summed E-state index contributed by atoms with van der Waals surface area (Å²) in [4.78, 5) is 10.3. The quantitative estimate of drug-likeness (QED) is 0.584. The van der Waals surface area contributed by atoms with Gasteiger partial charge < -0.3 is 30.7 Å². The van der Waals surface area contributed by atoms with Crippen LogP contribution in [0.25, 0.3) is 0 Å². The van der Waals surface area contributed by atoms with Gasteiger partial charge in [0, 0.05) is 17.5 Å².